The first-order valence-electron chi connectivity index (χ1n) is 11.3. The van der Waals surface area contributed by atoms with Gasteiger partial charge in [-0.1, -0.05) is 30.3 Å². The molecule has 5 rings (SSSR count). The number of nitrogens with zero attached hydrogens (tertiary/aromatic N) is 4. The van der Waals surface area contributed by atoms with Crippen LogP contribution < -0.4 is 15.3 Å². The van der Waals surface area contributed by atoms with Crippen LogP contribution in [0.2, 0.25) is 0 Å². The summed E-state index contributed by atoms with van der Waals surface area (Å²) >= 11 is 0. The van der Waals surface area contributed by atoms with Gasteiger partial charge in [-0.05, 0) is 73.6 Å². The van der Waals surface area contributed by atoms with Crippen LogP contribution in [0.4, 0.5) is 10.3 Å². The van der Waals surface area contributed by atoms with Crippen LogP contribution in [0.25, 0.3) is 5.57 Å². The number of halogens is 1. The zero-order chi connectivity index (χ0) is 23.0. The minimum absolute atomic E-state index is 0.140. The smallest absolute Gasteiger partial charge is 0.352 e. The summed E-state index contributed by atoms with van der Waals surface area (Å²) in [4.78, 5) is 23.3. The van der Waals surface area contributed by atoms with Gasteiger partial charge in [-0.3, -0.25) is 4.57 Å². The fourth-order valence-corrected chi connectivity index (χ4v) is 4.39. The van der Waals surface area contributed by atoms with Crippen LogP contribution in [0.3, 0.4) is 0 Å². The highest BCUT2D eigenvalue weighted by Crippen LogP contribution is 2.33. The topological polar surface area (TPSA) is 60.2 Å². The monoisotopic (exact) mass is 446 g/mol. The van der Waals surface area contributed by atoms with E-state index in [1.807, 2.05) is 17.0 Å². The summed E-state index contributed by atoms with van der Waals surface area (Å²) in [5.74, 6) is 1.12. The Labute approximate surface area is 192 Å². The van der Waals surface area contributed by atoms with Gasteiger partial charge in [-0.25, -0.2) is 14.2 Å². The molecule has 0 saturated carbocycles. The normalized spacial score (nSPS) is 17.2. The van der Waals surface area contributed by atoms with E-state index in [0.29, 0.717) is 25.6 Å². The number of hydrogen-bond donors (Lipinski definition) is 0. The van der Waals surface area contributed by atoms with Gasteiger partial charge in [-0.15, -0.1) is 0 Å². The SMILES string of the molecule is CC1(C)CCc2cc(Cn3cnc(N4CC=C(c5ccc(F)cc5)CC4)nc3=O)ccc2O1. The molecule has 7 heteroatoms. The first-order chi connectivity index (χ1) is 15.9. The summed E-state index contributed by atoms with van der Waals surface area (Å²) in [6, 6.07) is 12.6. The second-order valence-corrected chi connectivity index (χ2v) is 9.30. The summed E-state index contributed by atoms with van der Waals surface area (Å²) in [6.45, 7) is 5.93. The van der Waals surface area contributed by atoms with Crippen molar-refractivity contribution in [2.45, 2.75) is 45.3 Å². The Kier molecular flexibility index (Phi) is 5.48. The highest BCUT2D eigenvalue weighted by Gasteiger charge is 2.26. The number of benzene rings is 2. The predicted octanol–water partition coefficient (Wildman–Crippen LogP) is 4.22. The fraction of sp³-hybridized carbons (Fsp3) is 0.346. The summed E-state index contributed by atoms with van der Waals surface area (Å²) in [7, 11) is 0. The average Bonchev–Trinajstić information content (AvgIpc) is 2.81. The Morgan fingerprint density at radius 3 is 2.67 bits per heavy atom. The maximum atomic E-state index is 13.2. The Morgan fingerprint density at radius 1 is 1.12 bits per heavy atom. The lowest BCUT2D eigenvalue weighted by Gasteiger charge is -2.32. The molecule has 0 bridgehead atoms. The Bertz CT molecular complexity index is 1260. The lowest BCUT2D eigenvalue weighted by molar-refractivity contribution is 0.0846. The summed E-state index contributed by atoms with van der Waals surface area (Å²) in [5.41, 5.74) is 3.93. The highest BCUT2D eigenvalue weighted by atomic mass is 19.1. The van der Waals surface area contributed by atoms with E-state index in [4.69, 9.17) is 4.74 Å². The van der Waals surface area contributed by atoms with Gasteiger partial charge in [0.15, 0.2) is 0 Å². The zero-order valence-electron chi connectivity index (χ0n) is 18.9. The van der Waals surface area contributed by atoms with E-state index >= 15 is 0 Å². The van der Waals surface area contributed by atoms with E-state index in [-0.39, 0.29) is 17.1 Å². The van der Waals surface area contributed by atoms with E-state index in [1.54, 1.807) is 18.5 Å². The van der Waals surface area contributed by atoms with Crippen LogP contribution in [0.1, 0.15) is 43.4 Å². The molecular formula is C26H27FN4O2. The van der Waals surface area contributed by atoms with Crippen LogP contribution in [0.5, 0.6) is 5.75 Å². The Balaban J connectivity index is 1.28. The van der Waals surface area contributed by atoms with Gasteiger partial charge in [0.25, 0.3) is 0 Å². The van der Waals surface area contributed by atoms with Crippen molar-refractivity contribution in [2.24, 2.45) is 0 Å². The molecule has 0 atom stereocenters. The quantitative estimate of drug-likeness (QED) is 0.601. The van der Waals surface area contributed by atoms with Gasteiger partial charge in [0.2, 0.25) is 5.95 Å². The number of aromatic nitrogens is 3. The molecule has 2 aliphatic heterocycles. The third kappa shape index (κ3) is 4.67. The van der Waals surface area contributed by atoms with Gasteiger partial charge in [0, 0.05) is 13.1 Å². The van der Waals surface area contributed by atoms with Crippen molar-refractivity contribution in [3.63, 3.8) is 0 Å². The van der Waals surface area contributed by atoms with Crippen molar-refractivity contribution < 1.29 is 9.13 Å². The molecule has 0 fully saturated rings. The molecule has 3 aromatic rings. The molecular weight excluding hydrogens is 419 g/mol. The fourth-order valence-electron chi connectivity index (χ4n) is 4.39. The molecule has 6 nitrogen and oxygen atoms in total. The molecule has 0 radical (unpaired) electrons. The lowest BCUT2D eigenvalue weighted by atomic mass is 9.93. The van der Waals surface area contributed by atoms with Crippen molar-refractivity contribution >= 4 is 11.5 Å². The summed E-state index contributed by atoms with van der Waals surface area (Å²) < 4.78 is 20.7. The highest BCUT2D eigenvalue weighted by molar-refractivity contribution is 5.68. The first kappa shape index (κ1) is 21.4. The molecule has 33 heavy (non-hydrogen) atoms. The molecule has 0 aliphatic carbocycles. The van der Waals surface area contributed by atoms with Gasteiger partial charge < -0.3 is 9.64 Å². The maximum Gasteiger partial charge on any atom is 0.352 e. The van der Waals surface area contributed by atoms with Crippen molar-refractivity contribution in [1.29, 1.82) is 0 Å². The second-order valence-electron chi connectivity index (χ2n) is 9.30. The average molecular weight is 447 g/mol. The number of hydrogen-bond acceptors (Lipinski definition) is 5. The van der Waals surface area contributed by atoms with Crippen molar-refractivity contribution in [3.05, 3.63) is 87.9 Å². The number of aryl methyl sites for hydroxylation is 1. The zero-order valence-corrected chi connectivity index (χ0v) is 18.9. The van der Waals surface area contributed by atoms with Crippen LogP contribution in [-0.4, -0.2) is 33.2 Å². The van der Waals surface area contributed by atoms with Gasteiger partial charge >= 0.3 is 5.69 Å². The largest absolute Gasteiger partial charge is 0.488 e. The second kappa shape index (κ2) is 8.46. The summed E-state index contributed by atoms with van der Waals surface area (Å²) in [5, 5.41) is 0. The van der Waals surface area contributed by atoms with Crippen molar-refractivity contribution in [3.8, 4) is 5.75 Å². The molecule has 0 spiro atoms. The molecule has 170 valence electrons. The molecule has 1 aromatic heterocycles. The maximum absolute atomic E-state index is 13.2. The number of rotatable bonds is 4. The van der Waals surface area contributed by atoms with E-state index < -0.39 is 0 Å². The van der Waals surface area contributed by atoms with E-state index in [2.05, 4.69) is 36.0 Å². The number of anilines is 1. The number of ether oxygens (including phenoxy) is 1. The number of fused-ring (bicyclic) bond motifs is 1. The standard InChI is InChI=1S/C26H27FN4O2/c1-26(2)12-9-21-15-18(3-8-23(21)33-26)16-31-17-28-24(29-25(31)32)30-13-10-20(11-14-30)19-4-6-22(27)7-5-19/h3-8,10,15,17H,9,11-14,16H2,1-2H3. The molecule has 3 heterocycles. The minimum atomic E-state index is -0.316. The summed E-state index contributed by atoms with van der Waals surface area (Å²) in [6.07, 6.45) is 6.37. The van der Waals surface area contributed by atoms with Crippen LogP contribution in [0.15, 0.2) is 59.7 Å². The van der Waals surface area contributed by atoms with E-state index in [0.717, 1.165) is 36.1 Å². The molecule has 0 saturated heterocycles. The van der Waals surface area contributed by atoms with Gasteiger partial charge in [0.05, 0.1) is 6.54 Å². The van der Waals surface area contributed by atoms with Crippen LogP contribution in [0, 0.1) is 5.82 Å². The third-order valence-corrected chi connectivity index (χ3v) is 6.32. The lowest BCUT2D eigenvalue weighted by Crippen LogP contribution is -2.34. The van der Waals surface area contributed by atoms with Gasteiger partial charge in [0.1, 0.15) is 23.5 Å². The van der Waals surface area contributed by atoms with E-state index in [9.17, 15) is 9.18 Å². The first-order valence-corrected chi connectivity index (χ1v) is 11.3. The van der Waals surface area contributed by atoms with Crippen molar-refractivity contribution in [2.75, 3.05) is 18.0 Å². The van der Waals surface area contributed by atoms with Crippen LogP contribution >= 0.6 is 0 Å². The molecule has 0 unspecified atom stereocenters. The van der Waals surface area contributed by atoms with Crippen LogP contribution in [-0.2, 0) is 13.0 Å². The predicted molar refractivity (Wildman–Crippen MR) is 126 cm³/mol. The molecule has 2 aromatic carbocycles. The van der Waals surface area contributed by atoms with E-state index in [1.165, 1.54) is 27.8 Å². The minimum Gasteiger partial charge on any atom is -0.488 e. The Morgan fingerprint density at radius 2 is 1.94 bits per heavy atom. The molecule has 0 amide bonds. The third-order valence-electron chi connectivity index (χ3n) is 6.32. The Hall–Kier alpha value is -3.48. The molecule has 2 aliphatic rings. The van der Waals surface area contributed by atoms with Crippen molar-refractivity contribution in [1.82, 2.24) is 14.5 Å². The van der Waals surface area contributed by atoms with Gasteiger partial charge in [-0.2, -0.15) is 4.98 Å². The molecule has 0 N–H and O–H groups in total.